The molecule has 1 rings (SSSR count). The van der Waals surface area contributed by atoms with Crippen LogP contribution in [-0.2, 0) is 6.18 Å². The molecule has 0 aliphatic rings. The summed E-state index contributed by atoms with van der Waals surface area (Å²) in [4.78, 5) is 6.57. The monoisotopic (exact) mass is 295 g/mol. The molecule has 0 amide bonds. The molecule has 0 radical (unpaired) electrons. The van der Waals surface area contributed by atoms with Crippen molar-refractivity contribution in [1.82, 2.24) is 9.97 Å². The fraction of sp³-hybridized carbons (Fsp3) is 0.667. The zero-order valence-electron chi connectivity index (χ0n) is 10.9. The molecule has 1 aromatic rings. The Morgan fingerprint density at radius 1 is 1.26 bits per heavy atom. The second-order valence-electron chi connectivity index (χ2n) is 4.71. The van der Waals surface area contributed by atoms with Crippen LogP contribution in [-0.4, -0.2) is 16.5 Å². The number of nitrogens with zero attached hydrogens (tertiary/aromatic N) is 2. The van der Waals surface area contributed by atoms with Gasteiger partial charge in [0.15, 0.2) is 0 Å². The standard InChI is InChI=1S/C12H17ClF3N3/c1-8(2)5-3-4-6-17-10-7-9(13)18-11(19-10)12(14,15)16/h7-8H,3-6H2,1-2H3,(H,17,18,19). The van der Waals surface area contributed by atoms with Crippen LogP contribution in [0.15, 0.2) is 6.07 Å². The van der Waals surface area contributed by atoms with Crippen molar-refractivity contribution in [2.24, 2.45) is 5.92 Å². The van der Waals surface area contributed by atoms with Gasteiger partial charge in [0.2, 0.25) is 5.82 Å². The van der Waals surface area contributed by atoms with E-state index in [4.69, 9.17) is 11.6 Å². The molecule has 19 heavy (non-hydrogen) atoms. The van der Waals surface area contributed by atoms with Crippen molar-refractivity contribution in [2.75, 3.05) is 11.9 Å². The molecule has 0 aromatic carbocycles. The fourth-order valence-electron chi connectivity index (χ4n) is 1.53. The summed E-state index contributed by atoms with van der Waals surface area (Å²) in [6.45, 7) is 4.83. The molecule has 0 atom stereocenters. The number of halogens is 4. The number of hydrogen-bond acceptors (Lipinski definition) is 3. The molecule has 0 saturated heterocycles. The molecular formula is C12H17ClF3N3. The molecule has 0 unspecified atom stereocenters. The maximum atomic E-state index is 12.5. The first-order valence-corrected chi connectivity index (χ1v) is 6.52. The van der Waals surface area contributed by atoms with E-state index in [1.54, 1.807) is 0 Å². The Labute approximate surface area is 115 Å². The maximum absolute atomic E-state index is 12.5. The minimum atomic E-state index is -4.58. The van der Waals surface area contributed by atoms with Crippen LogP contribution in [0.5, 0.6) is 0 Å². The molecule has 1 N–H and O–H groups in total. The number of alkyl halides is 3. The normalized spacial score (nSPS) is 11.9. The number of unbranched alkanes of at least 4 members (excludes halogenated alkanes) is 1. The lowest BCUT2D eigenvalue weighted by atomic mass is 10.1. The third-order valence-electron chi connectivity index (χ3n) is 2.46. The van der Waals surface area contributed by atoms with Gasteiger partial charge in [0.05, 0.1) is 0 Å². The van der Waals surface area contributed by atoms with Crippen LogP contribution in [0.25, 0.3) is 0 Å². The summed E-state index contributed by atoms with van der Waals surface area (Å²) in [5.41, 5.74) is 0. The van der Waals surface area contributed by atoms with Crippen LogP contribution in [0.2, 0.25) is 5.15 Å². The third kappa shape index (κ3) is 6.09. The number of aromatic nitrogens is 2. The molecule has 0 aliphatic carbocycles. The zero-order chi connectivity index (χ0) is 14.5. The highest BCUT2D eigenvalue weighted by atomic mass is 35.5. The Bertz CT molecular complexity index is 408. The number of hydrogen-bond donors (Lipinski definition) is 1. The van der Waals surface area contributed by atoms with Crippen molar-refractivity contribution in [3.05, 3.63) is 17.0 Å². The van der Waals surface area contributed by atoms with E-state index >= 15 is 0 Å². The van der Waals surface area contributed by atoms with E-state index in [1.165, 1.54) is 6.07 Å². The average molecular weight is 296 g/mol. The molecule has 0 spiro atoms. The lowest BCUT2D eigenvalue weighted by molar-refractivity contribution is -0.144. The van der Waals surface area contributed by atoms with E-state index in [-0.39, 0.29) is 11.0 Å². The van der Waals surface area contributed by atoms with Gasteiger partial charge in [-0.15, -0.1) is 0 Å². The van der Waals surface area contributed by atoms with Gasteiger partial charge in [-0.25, -0.2) is 9.97 Å². The van der Waals surface area contributed by atoms with E-state index in [2.05, 4.69) is 29.1 Å². The predicted octanol–water partition coefficient (Wildman–Crippen LogP) is 4.39. The molecule has 1 heterocycles. The molecule has 3 nitrogen and oxygen atoms in total. The van der Waals surface area contributed by atoms with Gasteiger partial charge in [0.1, 0.15) is 11.0 Å². The van der Waals surface area contributed by atoms with E-state index in [9.17, 15) is 13.2 Å². The van der Waals surface area contributed by atoms with E-state index in [0.717, 1.165) is 19.3 Å². The summed E-state index contributed by atoms with van der Waals surface area (Å²) >= 11 is 5.55. The van der Waals surface area contributed by atoms with Crippen LogP contribution in [0, 0.1) is 5.92 Å². The summed E-state index contributed by atoms with van der Waals surface area (Å²) in [6.07, 6.45) is -1.59. The van der Waals surface area contributed by atoms with Gasteiger partial charge in [-0.1, -0.05) is 38.3 Å². The Morgan fingerprint density at radius 3 is 2.53 bits per heavy atom. The minimum Gasteiger partial charge on any atom is -0.370 e. The third-order valence-corrected chi connectivity index (χ3v) is 2.66. The number of anilines is 1. The van der Waals surface area contributed by atoms with Gasteiger partial charge < -0.3 is 5.32 Å². The van der Waals surface area contributed by atoms with Crippen LogP contribution in [0.3, 0.4) is 0 Å². The smallest absolute Gasteiger partial charge is 0.370 e. The van der Waals surface area contributed by atoms with Gasteiger partial charge in [-0.3, -0.25) is 0 Å². The highest BCUT2D eigenvalue weighted by Gasteiger charge is 2.35. The van der Waals surface area contributed by atoms with Crippen molar-refractivity contribution in [3.8, 4) is 0 Å². The number of rotatable bonds is 6. The van der Waals surface area contributed by atoms with Gasteiger partial charge in [-0.2, -0.15) is 13.2 Å². The Hall–Kier alpha value is -1.04. The summed E-state index contributed by atoms with van der Waals surface area (Å²) in [5, 5.41) is 2.62. The zero-order valence-corrected chi connectivity index (χ0v) is 11.6. The van der Waals surface area contributed by atoms with Crippen molar-refractivity contribution in [3.63, 3.8) is 0 Å². The van der Waals surface area contributed by atoms with Crippen molar-refractivity contribution < 1.29 is 13.2 Å². The number of nitrogens with one attached hydrogen (secondary N) is 1. The quantitative estimate of drug-likeness (QED) is 0.625. The molecule has 7 heteroatoms. The Kier molecular flexibility index (Phi) is 5.85. The average Bonchev–Trinajstić information content (AvgIpc) is 2.26. The van der Waals surface area contributed by atoms with Crippen molar-refractivity contribution >= 4 is 17.4 Å². The first-order chi connectivity index (χ1) is 8.79. The summed E-state index contributed by atoms with van der Waals surface area (Å²) in [5.74, 6) is -0.480. The molecule has 0 fully saturated rings. The molecule has 0 saturated carbocycles. The fourth-order valence-corrected chi connectivity index (χ4v) is 1.71. The molecule has 108 valence electrons. The van der Waals surface area contributed by atoms with Crippen LogP contribution in [0.4, 0.5) is 19.0 Å². The van der Waals surface area contributed by atoms with Crippen molar-refractivity contribution in [2.45, 2.75) is 39.3 Å². The van der Waals surface area contributed by atoms with E-state index < -0.39 is 12.0 Å². The first-order valence-electron chi connectivity index (χ1n) is 6.14. The highest BCUT2D eigenvalue weighted by Crippen LogP contribution is 2.28. The summed E-state index contributed by atoms with van der Waals surface area (Å²) in [6, 6.07) is 1.29. The van der Waals surface area contributed by atoms with E-state index in [1.807, 2.05) is 0 Å². The minimum absolute atomic E-state index is 0.108. The lowest BCUT2D eigenvalue weighted by Gasteiger charge is -2.10. The largest absolute Gasteiger partial charge is 0.451 e. The van der Waals surface area contributed by atoms with Crippen LogP contribution >= 0.6 is 11.6 Å². The first kappa shape index (κ1) is 16.0. The molecule has 1 aromatic heterocycles. The summed E-state index contributed by atoms with van der Waals surface area (Å²) < 4.78 is 37.4. The molecule has 0 aliphatic heterocycles. The Balaban J connectivity index is 2.52. The van der Waals surface area contributed by atoms with E-state index in [0.29, 0.717) is 12.5 Å². The van der Waals surface area contributed by atoms with Gasteiger partial charge >= 0.3 is 6.18 Å². The van der Waals surface area contributed by atoms with Gasteiger partial charge in [0, 0.05) is 12.6 Å². The van der Waals surface area contributed by atoms with Gasteiger partial charge in [0.25, 0.3) is 0 Å². The SMILES string of the molecule is CC(C)CCCCNc1cc(Cl)nc(C(F)(F)F)n1. The molecule has 0 bridgehead atoms. The maximum Gasteiger partial charge on any atom is 0.451 e. The Morgan fingerprint density at radius 2 is 1.95 bits per heavy atom. The second kappa shape index (κ2) is 6.93. The highest BCUT2D eigenvalue weighted by molar-refractivity contribution is 6.29. The van der Waals surface area contributed by atoms with Gasteiger partial charge in [-0.05, 0) is 12.3 Å². The predicted molar refractivity (Wildman–Crippen MR) is 69.2 cm³/mol. The lowest BCUT2D eigenvalue weighted by Crippen LogP contribution is -2.13. The second-order valence-corrected chi connectivity index (χ2v) is 5.10. The topological polar surface area (TPSA) is 37.8 Å². The van der Waals surface area contributed by atoms with Crippen molar-refractivity contribution in [1.29, 1.82) is 0 Å². The summed E-state index contributed by atoms with van der Waals surface area (Å²) in [7, 11) is 0. The van der Waals surface area contributed by atoms with Crippen LogP contribution < -0.4 is 5.32 Å². The van der Waals surface area contributed by atoms with Crippen LogP contribution in [0.1, 0.15) is 38.9 Å². The molecular weight excluding hydrogens is 279 g/mol.